The van der Waals surface area contributed by atoms with Crippen LogP contribution in [-0.4, -0.2) is 14.3 Å². The van der Waals surface area contributed by atoms with Gasteiger partial charge in [-0.2, -0.15) is 0 Å². The first kappa shape index (κ1) is 8.66. The fourth-order valence-corrected chi connectivity index (χ4v) is 13.2. The summed E-state index contributed by atoms with van der Waals surface area (Å²) in [5.74, 6) is 1.07. The van der Waals surface area contributed by atoms with Crippen molar-refractivity contribution in [3.8, 4) is 0 Å². The van der Waals surface area contributed by atoms with Gasteiger partial charge in [0.15, 0.2) is 0 Å². The van der Waals surface area contributed by atoms with Crippen molar-refractivity contribution in [2.75, 3.05) is 6.54 Å². The van der Waals surface area contributed by atoms with Gasteiger partial charge < -0.3 is 0 Å². The van der Waals surface area contributed by atoms with Crippen LogP contribution in [0.2, 0.25) is 3.23 Å². The van der Waals surface area contributed by atoms with Crippen molar-refractivity contribution in [3.63, 3.8) is 0 Å². The summed E-state index contributed by atoms with van der Waals surface area (Å²) in [7, 11) is 0. The third kappa shape index (κ3) is 1.70. The summed E-state index contributed by atoms with van der Waals surface area (Å²) in [6, 6.07) is 0. The maximum absolute atomic E-state index is 9.21. The van der Waals surface area contributed by atoms with Gasteiger partial charge in [-0.3, -0.25) is 0 Å². The number of hydrogen-bond acceptors (Lipinski definition) is 2. The van der Waals surface area contributed by atoms with Crippen molar-refractivity contribution >= 4 is 0 Å². The topological polar surface area (TPSA) is 23.5 Å². The Morgan fingerprint density at radius 2 is 2.50 bits per heavy atom. The molecule has 3 rings (SSSR count). The summed E-state index contributed by atoms with van der Waals surface area (Å²) in [5, 5.41) is 0. The zero-order valence-corrected chi connectivity index (χ0v) is 13.0. The normalized spacial score (nSPS) is 43.5. The van der Waals surface area contributed by atoms with Crippen LogP contribution >= 0.6 is 0 Å². The molecule has 4 heteroatoms. The third-order valence-electron chi connectivity index (χ3n) is 2.57. The van der Waals surface area contributed by atoms with Crippen LogP contribution in [0.15, 0.2) is 0 Å². The fourth-order valence-electron chi connectivity index (χ4n) is 1.90. The van der Waals surface area contributed by atoms with E-state index in [1.54, 1.807) is 3.23 Å². The van der Waals surface area contributed by atoms with E-state index < -0.39 is 28.2 Å². The number of hydrogen-bond donors (Lipinski definition) is 1. The fraction of sp³-hybridized carbons (Fsp3) is 1.00. The molecule has 0 aromatic rings. The van der Waals surface area contributed by atoms with E-state index in [-0.39, 0.29) is 29.5 Å². The molecule has 3 heterocycles. The van der Waals surface area contributed by atoms with Crippen LogP contribution in [-0.2, 0) is 29.5 Å². The van der Waals surface area contributed by atoms with Gasteiger partial charge in [0.1, 0.15) is 0 Å². The first-order chi connectivity index (χ1) is 4.90. The van der Waals surface area contributed by atoms with E-state index in [1.165, 1.54) is 19.4 Å². The summed E-state index contributed by atoms with van der Waals surface area (Å²) in [6.45, 7) is 1.37. The molecule has 0 spiro atoms. The molecule has 53 valence electrons. The molecule has 0 radical (unpaired) electrons. The molecule has 3 fully saturated rings. The monoisotopic (exact) mass is 440 g/mol. The molecule has 3 atom stereocenters. The van der Waals surface area contributed by atoms with Crippen molar-refractivity contribution in [1.82, 2.24) is 2.03 Å². The molecule has 2 nitrogen and oxygen atoms in total. The maximum atomic E-state index is 9.21. The predicted octanol–water partition coefficient (Wildman–Crippen LogP) is 0.446. The molecule has 3 aliphatic heterocycles. The number of fused-ring (bicyclic) bond motifs is 3. The van der Waals surface area contributed by atoms with E-state index in [4.69, 9.17) is 0 Å². The van der Waals surface area contributed by atoms with E-state index in [9.17, 15) is 2.61 Å². The SMILES string of the molecule is [OH][U][CH]1CC2CC[N]1[Y][CH2]2. The first-order valence-electron chi connectivity index (χ1n) is 3.89. The van der Waals surface area contributed by atoms with Crippen LogP contribution in [0.4, 0.5) is 0 Å². The standard InChI is InChI=1S/C6H10N.H2O.U.Y/c1-6-2-4-7-5-3-6;;;/h4,6H,1-3,5H2;1H2;;/q-1;;2*+1/p-1. The number of nitrogens with zero attached hydrogens (tertiary/aromatic N) is 1. The van der Waals surface area contributed by atoms with Gasteiger partial charge in [0.25, 0.3) is 0 Å². The van der Waals surface area contributed by atoms with Crippen LogP contribution in [0, 0.1) is 34.1 Å². The molecule has 3 unspecified atom stereocenters. The average Bonchev–Trinajstić information content (AvgIpc) is 2.06. The van der Waals surface area contributed by atoms with E-state index in [2.05, 4.69) is 2.03 Å². The summed E-state index contributed by atoms with van der Waals surface area (Å²) in [5.41, 5.74) is 0. The molecule has 0 aromatic carbocycles. The van der Waals surface area contributed by atoms with Crippen LogP contribution in [0.3, 0.4) is 0 Å². The van der Waals surface area contributed by atoms with E-state index in [0.717, 1.165) is 8.99 Å². The Balaban J connectivity index is 2.01. The summed E-state index contributed by atoms with van der Waals surface area (Å²) < 4.78 is 14.3. The van der Waals surface area contributed by atoms with Crippen LogP contribution in [0.25, 0.3) is 0 Å². The molecular formula is C6H11NOUY. The van der Waals surface area contributed by atoms with Gasteiger partial charge in [-0.25, -0.2) is 0 Å². The van der Waals surface area contributed by atoms with Gasteiger partial charge in [0.05, 0.1) is 0 Å². The Labute approximate surface area is 92.5 Å². The van der Waals surface area contributed by atoms with Crippen molar-refractivity contribution < 1.29 is 60.4 Å². The van der Waals surface area contributed by atoms with Crippen LogP contribution < -0.4 is 0 Å². The predicted molar refractivity (Wildman–Crippen MR) is 30.2 cm³/mol. The Morgan fingerprint density at radius 3 is 2.80 bits per heavy atom. The Bertz CT molecular complexity index is 127. The quantitative estimate of drug-likeness (QED) is 0.641. The van der Waals surface area contributed by atoms with Gasteiger partial charge in [0.2, 0.25) is 0 Å². The average molecular weight is 440 g/mol. The van der Waals surface area contributed by atoms with Gasteiger partial charge >= 0.3 is 94.0 Å². The zero-order chi connectivity index (χ0) is 6.97. The Hall–Kier alpha value is 2.08. The van der Waals surface area contributed by atoms with Crippen molar-refractivity contribution in [2.24, 2.45) is 5.92 Å². The second kappa shape index (κ2) is 3.86. The van der Waals surface area contributed by atoms with E-state index in [0.29, 0.717) is 0 Å². The number of piperidine rings is 1. The molecule has 10 heavy (non-hydrogen) atoms. The van der Waals surface area contributed by atoms with E-state index in [1.807, 2.05) is 0 Å². The molecular weight excluding hydrogens is 429 g/mol. The molecule has 3 saturated heterocycles. The van der Waals surface area contributed by atoms with Gasteiger partial charge in [-0.05, 0) is 0 Å². The second-order valence-corrected chi connectivity index (χ2v) is 10.7. The van der Waals surface area contributed by atoms with Crippen molar-refractivity contribution in [3.05, 3.63) is 0 Å². The molecule has 0 saturated carbocycles. The Kier molecular flexibility index (Phi) is 3.34. The zero-order valence-electron chi connectivity index (χ0n) is 5.95. The first-order valence-corrected chi connectivity index (χ1v) is 11.4. The van der Waals surface area contributed by atoms with Crippen molar-refractivity contribution in [1.29, 1.82) is 0 Å². The molecule has 3 aliphatic rings. The minimum atomic E-state index is -1.25. The van der Waals surface area contributed by atoms with Crippen molar-refractivity contribution in [2.45, 2.75) is 19.1 Å². The van der Waals surface area contributed by atoms with Crippen LogP contribution in [0.1, 0.15) is 12.8 Å². The molecule has 2 bridgehead atoms. The van der Waals surface area contributed by atoms with Gasteiger partial charge in [0, 0.05) is 0 Å². The molecule has 0 aromatic heterocycles. The minimum absolute atomic E-state index is 0.282. The summed E-state index contributed by atoms with van der Waals surface area (Å²) in [4.78, 5) is 0. The Morgan fingerprint density at radius 1 is 1.60 bits per heavy atom. The summed E-state index contributed by atoms with van der Waals surface area (Å²) in [6.07, 6.45) is 2.84. The van der Waals surface area contributed by atoms with Gasteiger partial charge in [-0.1, -0.05) is 0 Å². The number of rotatable bonds is 1. The van der Waals surface area contributed by atoms with Gasteiger partial charge in [-0.15, -0.1) is 0 Å². The molecule has 1 N–H and O–H groups in total. The second-order valence-electron chi connectivity index (χ2n) is 3.19. The third-order valence-corrected chi connectivity index (χ3v) is 14.1. The van der Waals surface area contributed by atoms with E-state index >= 15 is 0 Å². The van der Waals surface area contributed by atoms with Crippen LogP contribution in [0.5, 0.6) is 0 Å². The summed E-state index contributed by atoms with van der Waals surface area (Å²) >= 11 is -1.53. The molecule has 0 amide bonds. The molecule has 0 aliphatic carbocycles.